The molecule has 0 aromatic heterocycles. The Morgan fingerprint density at radius 2 is 1.63 bits per heavy atom. The summed E-state index contributed by atoms with van der Waals surface area (Å²) in [5.74, 6) is -0.185. The van der Waals surface area contributed by atoms with Crippen molar-refractivity contribution in [3.05, 3.63) is 88.9 Å². The number of hydrogen-bond donors (Lipinski definition) is 1. The number of nitrogens with one attached hydrogen (secondary N) is 1. The molecule has 0 aliphatic heterocycles. The smallest absolute Gasteiger partial charge is 0.264 e. The zero-order valence-corrected chi connectivity index (χ0v) is 25.9. The molecule has 220 valence electrons. The monoisotopic (exact) mass is 599 g/mol. The van der Waals surface area contributed by atoms with Gasteiger partial charge in [-0.05, 0) is 87.7 Å². The highest BCUT2D eigenvalue weighted by Crippen LogP contribution is 2.29. The van der Waals surface area contributed by atoms with Crippen molar-refractivity contribution < 1.29 is 22.7 Å². The highest BCUT2D eigenvalue weighted by molar-refractivity contribution is 7.92. The molecule has 0 aliphatic carbocycles. The fraction of sp³-hybridized carbons (Fsp3) is 0.355. The van der Waals surface area contributed by atoms with Crippen molar-refractivity contribution in [2.45, 2.75) is 64.1 Å². The zero-order chi connectivity index (χ0) is 30.4. The molecule has 0 saturated heterocycles. The van der Waals surface area contributed by atoms with Crippen molar-refractivity contribution in [1.82, 2.24) is 10.2 Å². The van der Waals surface area contributed by atoms with Gasteiger partial charge in [0.15, 0.2) is 0 Å². The van der Waals surface area contributed by atoms with Crippen molar-refractivity contribution in [1.29, 1.82) is 0 Å². The standard InChI is InChI=1S/C31H38ClN3O5S/c1-7-27(30(37)33-31(3,4)5)34(20-23-13-16-25(40-6)17-14-23)29(36)21-35(28-18-15-24(32)19-22(28)2)41(38,39)26-11-9-8-10-12-26/h8-19,27H,7,20-21H2,1-6H3,(H,33,37). The summed E-state index contributed by atoms with van der Waals surface area (Å²) in [5.41, 5.74) is 1.15. The number of amides is 2. The third-order valence-corrected chi connectivity index (χ3v) is 8.44. The molecule has 1 atom stereocenters. The average molecular weight is 600 g/mol. The second kappa shape index (κ2) is 13.4. The van der Waals surface area contributed by atoms with Crippen molar-refractivity contribution >= 4 is 39.1 Å². The van der Waals surface area contributed by atoms with Gasteiger partial charge in [0.25, 0.3) is 10.0 Å². The van der Waals surface area contributed by atoms with E-state index in [9.17, 15) is 18.0 Å². The Bertz CT molecular complexity index is 1460. The van der Waals surface area contributed by atoms with Gasteiger partial charge in [0.1, 0.15) is 18.3 Å². The van der Waals surface area contributed by atoms with Gasteiger partial charge >= 0.3 is 0 Å². The Morgan fingerprint density at radius 3 is 2.17 bits per heavy atom. The molecule has 41 heavy (non-hydrogen) atoms. The van der Waals surface area contributed by atoms with Gasteiger partial charge in [0.05, 0.1) is 17.7 Å². The maximum absolute atomic E-state index is 14.2. The van der Waals surface area contributed by atoms with E-state index in [0.29, 0.717) is 28.4 Å². The van der Waals surface area contributed by atoms with Crippen molar-refractivity contribution in [3.63, 3.8) is 0 Å². The lowest BCUT2D eigenvalue weighted by Gasteiger charge is -2.35. The molecule has 0 bridgehead atoms. The number of sulfonamides is 1. The number of benzene rings is 3. The third-order valence-electron chi connectivity index (χ3n) is 6.43. The number of anilines is 1. The first kappa shape index (κ1) is 32.0. The molecule has 10 heteroatoms. The maximum Gasteiger partial charge on any atom is 0.264 e. The summed E-state index contributed by atoms with van der Waals surface area (Å²) in [5, 5.41) is 3.41. The minimum Gasteiger partial charge on any atom is -0.497 e. The summed E-state index contributed by atoms with van der Waals surface area (Å²) in [4.78, 5) is 29.1. The van der Waals surface area contributed by atoms with E-state index in [-0.39, 0.29) is 17.3 Å². The summed E-state index contributed by atoms with van der Waals surface area (Å²) in [6, 6.07) is 19.1. The van der Waals surface area contributed by atoms with Crippen LogP contribution in [-0.2, 0) is 26.2 Å². The van der Waals surface area contributed by atoms with Crippen LogP contribution in [-0.4, -0.2) is 50.4 Å². The van der Waals surface area contributed by atoms with Crippen LogP contribution in [0.5, 0.6) is 5.75 Å². The zero-order valence-electron chi connectivity index (χ0n) is 24.3. The van der Waals surface area contributed by atoms with Gasteiger partial charge in [0.2, 0.25) is 11.8 Å². The number of carbonyl (C=O) groups is 2. The van der Waals surface area contributed by atoms with Crippen LogP contribution in [0.25, 0.3) is 0 Å². The van der Waals surface area contributed by atoms with Crippen LogP contribution in [0.15, 0.2) is 77.7 Å². The number of methoxy groups -OCH3 is 1. The molecule has 1 N–H and O–H groups in total. The first-order valence-electron chi connectivity index (χ1n) is 13.3. The number of halogens is 1. The molecule has 2 amide bonds. The predicted octanol–water partition coefficient (Wildman–Crippen LogP) is 5.57. The van der Waals surface area contributed by atoms with E-state index in [1.165, 1.54) is 17.0 Å². The molecule has 0 heterocycles. The number of carbonyl (C=O) groups excluding carboxylic acids is 2. The largest absolute Gasteiger partial charge is 0.497 e. The first-order chi connectivity index (χ1) is 19.3. The molecule has 0 aliphatic rings. The van der Waals surface area contributed by atoms with Crippen LogP contribution in [0.4, 0.5) is 5.69 Å². The van der Waals surface area contributed by atoms with E-state index < -0.39 is 34.1 Å². The highest BCUT2D eigenvalue weighted by Gasteiger charge is 2.35. The average Bonchev–Trinajstić information content (AvgIpc) is 2.91. The second-order valence-corrected chi connectivity index (χ2v) is 13.1. The molecule has 1 unspecified atom stereocenters. The number of nitrogens with zero attached hydrogens (tertiary/aromatic N) is 2. The summed E-state index contributed by atoms with van der Waals surface area (Å²) in [6.07, 6.45) is 0.329. The Labute approximate surface area is 248 Å². The minimum atomic E-state index is -4.16. The Balaban J connectivity index is 2.09. The molecule has 3 rings (SSSR count). The summed E-state index contributed by atoms with van der Waals surface area (Å²) in [6.45, 7) is 8.73. The predicted molar refractivity (Wildman–Crippen MR) is 163 cm³/mol. The molecule has 0 saturated carbocycles. The quantitative estimate of drug-likeness (QED) is 0.311. The lowest BCUT2D eigenvalue weighted by Crippen LogP contribution is -2.55. The Morgan fingerprint density at radius 1 is 1.00 bits per heavy atom. The molecule has 3 aromatic rings. The number of ether oxygens (including phenoxy) is 1. The van der Waals surface area contributed by atoms with Crippen LogP contribution >= 0.6 is 11.6 Å². The summed E-state index contributed by atoms with van der Waals surface area (Å²) >= 11 is 6.17. The molecule has 3 aromatic carbocycles. The molecular formula is C31H38ClN3O5S. The number of rotatable bonds is 11. The molecule has 8 nitrogen and oxygen atoms in total. The van der Waals surface area contributed by atoms with Gasteiger partial charge in [0, 0.05) is 17.1 Å². The normalized spacial score (nSPS) is 12.4. The van der Waals surface area contributed by atoms with Crippen molar-refractivity contribution in [3.8, 4) is 5.75 Å². The number of hydrogen-bond acceptors (Lipinski definition) is 5. The topological polar surface area (TPSA) is 96.0 Å². The first-order valence-corrected chi connectivity index (χ1v) is 15.2. The van der Waals surface area contributed by atoms with Crippen LogP contribution in [0.2, 0.25) is 5.02 Å². The van der Waals surface area contributed by atoms with Crippen LogP contribution in [0, 0.1) is 6.92 Å². The minimum absolute atomic E-state index is 0.0429. The second-order valence-electron chi connectivity index (χ2n) is 10.8. The fourth-order valence-corrected chi connectivity index (χ4v) is 6.16. The highest BCUT2D eigenvalue weighted by atomic mass is 35.5. The summed E-state index contributed by atoms with van der Waals surface area (Å²) < 4.78 is 34.2. The Hall–Kier alpha value is -3.56. The van der Waals surface area contributed by atoms with Gasteiger partial charge in [-0.25, -0.2) is 8.42 Å². The van der Waals surface area contributed by atoms with E-state index in [4.69, 9.17) is 16.3 Å². The SMILES string of the molecule is CCC(C(=O)NC(C)(C)C)N(Cc1ccc(OC)cc1)C(=O)CN(c1ccc(Cl)cc1C)S(=O)(=O)c1ccccc1. The Kier molecular flexibility index (Phi) is 10.4. The fourth-order valence-electron chi connectivity index (χ4n) is 4.43. The van der Waals surface area contributed by atoms with Gasteiger partial charge < -0.3 is 15.0 Å². The van der Waals surface area contributed by atoms with E-state index in [1.54, 1.807) is 62.6 Å². The molecule has 0 spiro atoms. The maximum atomic E-state index is 14.2. The van der Waals surface area contributed by atoms with E-state index in [2.05, 4.69) is 5.32 Å². The van der Waals surface area contributed by atoms with Crippen LogP contribution in [0.1, 0.15) is 45.2 Å². The molecular weight excluding hydrogens is 562 g/mol. The van der Waals surface area contributed by atoms with E-state index >= 15 is 0 Å². The van der Waals surface area contributed by atoms with Gasteiger partial charge in [-0.1, -0.05) is 48.9 Å². The van der Waals surface area contributed by atoms with Crippen molar-refractivity contribution in [2.75, 3.05) is 18.0 Å². The van der Waals surface area contributed by atoms with Gasteiger partial charge in [-0.3, -0.25) is 13.9 Å². The van der Waals surface area contributed by atoms with Crippen molar-refractivity contribution in [2.24, 2.45) is 0 Å². The van der Waals surface area contributed by atoms with Crippen LogP contribution in [0.3, 0.4) is 0 Å². The van der Waals surface area contributed by atoms with E-state index in [1.807, 2.05) is 39.8 Å². The molecule has 0 fully saturated rings. The third kappa shape index (κ3) is 8.24. The lowest BCUT2D eigenvalue weighted by atomic mass is 10.1. The lowest BCUT2D eigenvalue weighted by molar-refractivity contribution is -0.141. The van der Waals surface area contributed by atoms with Crippen LogP contribution < -0.4 is 14.4 Å². The summed E-state index contributed by atoms with van der Waals surface area (Å²) in [7, 11) is -2.59. The number of aryl methyl sites for hydroxylation is 1. The van der Waals surface area contributed by atoms with Gasteiger partial charge in [-0.15, -0.1) is 0 Å². The van der Waals surface area contributed by atoms with Gasteiger partial charge in [-0.2, -0.15) is 0 Å². The van der Waals surface area contributed by atoms with E-state index in [0.717, 1.165) is 9.87 Å². The molecule has 0 radical (unpaired) electrons.